The Morgan fingerprint density at radius 3 is 2.65 bits per heavy atom. The van der Waals surface area contributed by atoms with Crippen LogP contribution in [0.25, 0.3) is 0 Å². The predicted molar refractivity (Wildman–Crippen MR) is 98.0 cm³/mol. The van der Waals surface area contributed by atoms with E-state index in [4.69, 9.17) is 9.47 Å². The molecule has 0 atom stereocenters. The zero-order valence-electron chi connectivity index (χ0n) is 14.7. The zero-order valence-corrected chi connectivity index (χ0v) is 14.7. The highest BCUT2D eigenvalue weighted by atomic mass is 16.6. The molecule has 0 radical (unpaired) electrons. The molecule has 2 N–H and O–H groups in total. The van der Waals surface area contributed by atoms with Gasteiger partial charge in [-0.1, -0.05) is 18.2 Å². The third kappa shape index (κ3) is 5.10. The highest BCUT2D eigenvalue weighted by molar-refractivity contribution is 5.91. The Morgan fingerprint density at radius 1 is 1.19 bits per heavy atom. The number of anilines is 1. The van der Waals surface area contributed by atoms with Crippen LogP contribution < -0.4 is 20.1 Å². The number of para-hydroxylation sites is 2. The minimum absolute atomic E-state index is 0.151. The van der Waals surface area contributed by atoms with Crippen LogP contribution in [0.4, 0.5) is 16.2 Å². The van der Waals surface area contributed by atoms with Crippen LogP contribution in [0.2, 0.25) is 0 Å². The van der Waals surface area contributed by atoms with E-state index in [-0.39, 0.29) is 11.4 Å². The number of nitro benzene ring substituents is 1. The number of urea groups is 1. The number of benzene rings is 2. The van der Waals surface area contributed by atoms with Crippen molar-refractivity contribution < 1.29 is 19.2 Å². The first-order valence-corrected chi connectivity index (χ1v) is 8.13. The van der Waals surface area contributed by atoms with Gasteiger partial charge in [-0.3, -0.25) is 10.1 Å². The van der Waals surface area contributed by atoms with E-state index in [0.717, 1.165) is 5.56 Å². The number of hydrogen-bond donors (Lipinski definition) is 2. The van der Waals surface area contributed by atoms with Gasteiger partial charge in [0, 0.05) is 12.6 Å². The molecule has 0 aliphatic rings. The maximum absolute atomic E-state index is 12.0. The molecular formula is C18H21N3O5. The van der Waals surface area contributed by atoms with Gasteiger partial charge in [-0.05, 0) is 37.1 Å². The molecule has 0 bridgehead atoms. The molecule has 2 aromatic rings. The second-order valence-corrected chi connectivity index (χ2v) is 5.32. The maximum Gasteiger partial charge on any atom is 0.319 e. The Kier molecular flexibility index (Phi) is 6.78. The summed E-state index contributed by atoms with van der Waals surface area (Å²) in [6.45, 7) is 2.81. The van der Waals surface area contributed by atoms with Crippen molar-refractivity contribution in [3.05, 3.63) is 58.1 Å². The second kappa shape index (κ2) is 9.26. The minimum atomic E-state index is -0.540. The number of methoxy groups -OCH3 is 1. The topological polar surface area (TPSA) is 103 Å². The van der Waals surface area contributed by atoms with Crippen molar-refractivity contribution >= 4 is 17.4 Å². The molecule has 0 aromatic heterocycles. The fourth-order valence-electron chi connectivity index (χ4n) is 2.37. The van der Waals surface area contributed by atoms with Crippen LogP contribution >= 0.6 is 0 Å². The first-order valence-electron chi connectivity index (χ1n) is 8.13. The molecule has 2 rings (SSSR count). The van der Waals surface area contributed by atoms with Crippen LogP contribution in [0, 0.1) is 10.1 Å². The number of carbonyl (C=O) groups excluding carboxylic acids is 1. The SMILES string of the molecule is CCOc1ccc(CCNC(=O)Nc2ccccc2[N+](=O)[O-])cc1OC. The molecule has 0 unspecified atom stereocenters. The van der Waals surface area contributed by atoms with Crippen molar-refractivity contribution in [3.63, 3.8) is 0 Å². The smallest absolute Gasteiger partial charge is 0.319 e. The Labute approximate surface area is 151 Å². The summed E-state index contributed by atoms with van der Waals surface area (Å²) in [7, 11) is 1.57. The van der Waals surface area contributed by atoms with Crippen LogP contribution in [0.15, 0.2) is 42.5 Å². The van der Waals surface area contributed by atoms with E-state index < -0.39 is 11.0 Å². The lowest BCUT2D eigenvalue weighted by molar-refractivity contribution is -0.383. The number of rotatable bonds is 8. The molecule has 0 fully saturated rings. The standard InChI is InChI=1S/C18H21N3O5/c1-3-26-16-9-8-13(12-17(16)25-2)10-11-19-18(22)20-14-6-4-5-7-15(14)21(23)24/h4-9,12H,3,10-11H2,1-2H3,(H2,19,20,22). The van der Waals surface area contributed by atoms with Crippen LogP contribution in [-0.4, -0.2) is 31.2 Å². The summed E-state index contributed by atoms with van der Waals surface area (Å²) in [4.78, 5) is 22.4. The largest absolute Gasteiger partial charge is 0.493 e. The van der Waals surface area contributed by atoms with Crippen molar-refractivity contribution in [3.8, 4) is 11.5 Å². The molecular weight excluding hydrogens is 338 g/mol. The minimum Gasteiger partial charge on any atom is -0.493 e. The van der Waals surface area contributed by atoms with E-state index in [9.17, 15) is 14.9 Å². The summed E-state index contributed by atoms with van der Waals surface area (Å²) >= 11 is 0. The predicted octanol–water partition coefficient (Wildman–Crippen LogP) is 3.37. The highest BCUT2D eigenvalue weighted by Crippen LogP contribution is 2.28. The Hall–Kier alpha value is -3.29. The van der Waals surface area contributed by atoms with E-state index in [0.29, 0.717) is 31.1 Å². The van der Waals surface area contributed by atoms with E-state index in [1.165, 1.54) is 12.1 Å². The van der Waals surface area contributed by atoms with Crippen LogP contribution in [0.3, 0.4) is 0 Å². The molecule has 0 heterocycles. The molecule has 0 saturated carbocycles. The fraction of sp³-hybridized carbons (Fsp3) is 0.278. The van der Waals surface area contributed by atoms with E-state index in [1.54, 1.807) is 19.2 Å². The second-order valence-electron chi connectivity index (χ2n) is 5.32. The lowest BCUT2D eigenvalue weighted by atomic mass is 10.1. The average molecular weight is 359 g/mol. The first-order chi connectivity index (χ1) is 12.5. The van der Waals surface area contributed by atoms with Gasteiger partial charge < -0.3 is 20.1 Å². The van der Waals surface area contributed by atoms with Crippen molar-refractivity contribution in [1.29, 1.82) is 0 Å². The molecule has 26 heavy (non-hydrogen) atoms. The van der Waals surface area contributed by atoms with Gasteiger partial charge >= 0.3 is 6.03 Å². The van der Waals surface area contributed by atoms with Crippen LogP contribution in [-0.2, 0) is 6.42 Å². The third-order valence-electron chi connectivity index (χ3n) is 3.58. The average Bonchev–Trinajstić information content (AvgIpc) is 2.63. The number of nitro groups is 1. The van der Waals surface area contributed by atoms with Gasteiger partial charge in [0.05, 0.1) is 18.6 Å². The van der Waals surface area contributed by atoms with E-state index in [2.05, 4.69) is 10.6 Å². The number of nitrogens with zero attached hydrogens (tertiary/aromatic N) is 1. The first kappa shape index (κ1) is 19.0. The molecule has 0 spiro atoms. The van der Waals surface area contributed by atoms with Gasteiger partial charge in [0.1, 0.15) is 5.69 Å². The summed E-state index contributed by atoms with van der Waals surface area (Å²) in [5, 5.41) is 16.1. The molecule has 0 aliphatic carbocycles. The number of amides is 2. The number of carbonyl (C=O) groups is 1. The van der Waals surface area contributed by atoms with Crippen molar-refractivity contribution in [2.75, 3.05) is 25.6 Å². The van der Waals surface area contributed by atoms with Gasteiger partial charge in [-0.2, -0.15) is 0 Å². The van der Waals surface area contributed by atoms with Crippen LogP contribution in [0.5, 0.6) is 11.5 Å². The van der Waals surface area contributed by atoms with Crippen molar-refractivity contribution in [2.45, 2.75) is 13.3 Å². The molecule has 8 heteroatoms. The summed E-state index contributed by atoms with van der Waals surface area (Å²) in [6, 6.07) is 11.1. The Balaban J connectivity index is 1.90. The molecule has 8 nitrogen and oxygen atoms in total. The molecule has 138 valence electrons. The number of nitrogens with one attached hydrogen (secondary N) is 2. The lowest BCUT2D eigenvalue weighted by Gasteiger charge is -2.11. The van der Waals surface area contributed by atoms with Gasteiger partial charge in [0.25, 0.3) is 5.69 Å². The molecule has 0 saturated heterocycles. The fourth-order valence-corrected chi connectivity index (χ4v) is 2.37. The summed E-state index contributed by atoms with van der Waals surface area (Å²) < 4.78 is 10.8. The zero-order chi connectivity index (χ0) is 18.9. The third-order valence-corrected chi connectivity index (χ3v) is 3.58. The van der Waals surface area contributed by atoms with E-state index in [1.807, 2.05) is 25.1 Å². The summed E-state index contributed by atoms with van der Waals surface area (Å²) in [5.41, 5.74) is 0.966. The quantitative estimate of drug-likeness (QED) is 0.556. The summed E-state index contributed by atoms with van der Waals surface area (Å²) in [6.07, 6.45) is 0.576. The molecule has 2 amide bonds. The number of ether oxygens (including phenoxy) is 2. The van der Waals surface area contributed by atoms with Crippen LogP contribution in [0.1, 0.15) is 12.5 Å². The van der Waals surface area contributed by atoms with Gasteiger partial charge in [0.2, 0.25) is 0 Å². The van der Waals surface area contributed by atoms with Crippen molar-refractivity contribution in [1.82, 2.24) is 5.32 Å². The number of hydrogen-bond acceptors (Lipinski definition) is 5. The monoisotopic (exact) mass is 359 g/mol. The highest BCUT2D eigenvalue weighted by Gasteiger charge is 2.14. The van der Waals surface area contributed by atoms with Gasteiger partial charge in [-0.25, -0.2) is 4.79 Å². The Morgan fingerprint density at radius 2 is 1.96 bits per heavy atom. The van der Waals surface area contributed by atoms with Gasteiger partial charge in [-0.15, -0.1) is 0 Å². The molecule has 2 aromatic carbocycles. The lowest BCUT2D eigenvalue weighted by Crippen LogP contribution is -2.30. The van der Waals surface area contributed by atoms with Crippen molar-refractivity contribution in [2.24, 2.45) is 0 Å². The molecule has 0 aliphatic heterocycles. The Bertz CT molecular complexity index is 779. The maximum atomic E-state index is 12.0. The van der Waals surface area contributed by atoms with E-state index >= 15 is 0 Å². The van der Waals surface area contributed by atoms with Gasteiger partial charge in [0.15, 0.2) is 11.5 Å². The summed E-state index contributed by atoms with van der Waals surface area (Å²) in [5.74, 6) is 1.30. The normalized spacial score (nSPS) is 10.1.